The molecule has 0 N–H and O–H groups in total. The number of hydrogen-bond acceptors (Lipinski definition) is 2. The molecule has 1 aliphatic carbocycles. The molecule has 0 bridgehead atoms. The van der Waals surface area contributed by atoms with Gasteiger partial charge in [-0.3, -0.25) is 4.90 Å². The molecule has 0 aromatic carbocycles. The lowest BCUT2D eigenvalue weighted by Crippen LogP contribution is -2.32. The first kappa shape index (κ1) is 10.7. The Kier molecular flexibility index (Phi) is 3.47. The highest BCUT2D eigenvalue weighted by Crippen LogP contribution is 2.23. The molecule has 0 saturated heterocycles. The average molecular weight is 207 g/mol. The lowest BCUT2D eigenvalue weighted by Gasteiger charge is -2.30. The van der Waals surface area contributed by atoms with E-state index in [1.165, 1.54) is 32.1 Å². The van der Waals surface area contributed by atoms with Crippen LogP contribution in [0.2, 0.25) is 0 Å². The maximum atomic E-state index is 5.60. The normalized spacial score (nSPS) is 18.6. The van der Waals surface area contributed by atoms with Crippen molar-refractivity contribution in [3.05, 3.63) is 23.7 Å². The molecule has 15 heavy (non-hydrogen) atoms. The minimum Gasteiger partial charge on any atom is -0.465 e. The lowest BCUT2D eigenvalue weighted by atomic mass is 9.94. The molecule has 0 amide bonds. The van der Waals surface area contributed by atoms with Crippen LogP contribution in [0.25, 0.3) is 0 Å². The van der Waals surface area contributed by atoms with Gasteiger partial charge in [0.25, 0.3) is 0 Å². The average Bonchev–Trinajstić information content (AvgIpc) is 2.65. The van der Waals surface area contributed by atoms with Gasteiger partial charge in [-0.2, -0.15) is 0 Å². The van der Waals surface area contributed by atoms with Crippen LogP contribution >= 0.6 is 0 Å². The highest BCUT2D eigenvalue weighted by molar-refractivity contribution is 5.05. The Balaban J connectivity index is 1.88. The van der Waals surface area contributed by atoms with E-state index < -0.39 is 0 Å². The minimum absolute atomic E-state index is 0.768. The largest absolute Gasteiger partial charge is 0.465 e. The maximum absolute atomic E-state index is 5.60. The summed E-state index contributed by atoms with van der Waals surface area (Å²) in [5.74, 6) is 2.11. The molecule has 0 aliphatic heterocycles. The Bertz CT molecular complexity index is 299. The first-order valence-corrected chi connectivity index (χ1v) is 6.01. The second-order valence-corrected chi connectivity index (χ2v) is 4.72. The van der Waals surface area contributed by atoms with Crippen LogP contribution < -0.4 is 0 Å². The third kappa shape index (κ3) is 2.85. The SMILES string of the molecule is Cc1ccc(CN(C)C2CCCCC2)o1. The topological polar surface area (TPSA) is 16.4 Å². The molecule has 1 aliphatic rings. The summed E-state index contributed by atoms with van der Waals surface area (Å²) >= 11 is 0. The first-order chi connectivity index (χ1) is 7.25. The minimum atomic E-state index is 0.768. The fourth-order valence-electron chi connectivity index (χ4n) is 2.47. The monoisotopic (exact) mass is 207 g/mol. The third-order valence-electron chi connectivity index (χ3n) is 3.40. The van der Waals surface area contributed by atoms with Gasteiger partial charge in [0.2, 0.25) is 0 Å². The van der Waals surface area contributed by atoms with Crippen molar-refractivity contribution in [2.75, 3.05) is 7.05 Å². The van der Waals surface area contributed by atoms with E-state index in [1.807, 2.05) is 13.0 Å². The number of furan rings is 1. The fraction of sp³-hybridized carbons (Fsp3) is 0.692. The van der Waals surface area contributed by atoms with Crippen LogP contribution in [0.3, 0.4) is 0 Å². The van der Waals surface area contributed by atoms with Crippen molar-refractivity contribution in [2.24, 2.45) is 0 Å². The first-order valence-electron chi connectivity index (χ1n) is 6.01. The number of nitrogens with zero attached hydrogens (tertiary/aromatic N) is 1. The predicted molar refractivity (Wildman–Crippen MR) is 61.8 cm³/mol. The summed E-state index contributed by atoms with van der Waals surface area (Å²) in [5, 5.41) is 0. The molecule has 2 rings (SSSR count). The zero-order valence-electron chi connectivity index (χ0n) is 9.83. The standard InChI is InChI=1S/C13H21NO/c1-11-8-9-13(15-11)10-14(2)12-6-4-3-5-7-12/h8-9,12H,3-7,10H2,1-2H3. The van der Waals surface area contributed by atoms with Crippen molar-refractivity contribution < 1.29 is 4.42 Å². The van der Waals surface area contributed by atoms with Crippen LogP contribution in [0.5, 0.6) is 0 Å². The van der Waals surface area contributed by atoms with Crippen LogP contribution in [0.15, 0.2) is 16.5 Å². The van der Waals surface area contributed by atoms with Crippen molar-refractivity contribution in [1.29, 1.82) is 0 Å². The smallest absolute Gasteiger partial charge is 0.118 e. The van der Waals surface area contributed by atoms with Gasteiger partial charge in [-0.25, -0.2) is 0 Å². The van der Waals surface area contributed by atoms with Gasteiger partial charge in [0, 0.05) is 6.04 Å². The van der Waals surface area contributed by atoms with Crippen LogP contribution in [-0.4, -0.2) is 18.0 Å². The molecule has 1 saturated carbocycles. The van der Waals surface area contributed by atoms with Crippen molar-refractivity contribution in [1.82, 2.24) is 4.90 Å². The van der Waals surface area contributed by atoms with E-state index in [1.54, 1.807) is 0 Å². The third-order valence-corrected chi connectivity index (χ3v) is 3.40. The summed E-state index contributed by atoms with van der Waals surface area (Å²) in [7, 11) is 2.22. The van der Waals surface area contributed by atoms with E-state index in [2.05, 4.69) is 18.0 Å². The molecule has 2 nitrogen and oxygen atoms in total. The molecule has 0 unspecified atom stereocenters. The van der Waals surface area contributed by atoms with Crippen molar-refractivity contribution in [3.63, 3.8) is 0 Å². The zero-order chi connectivity index (χ0) is 10.7. The van der Waals surface area contributed by atoms with E-state index >= 15 is 0 Å². The molecule has 0 atom stereocenters. The maximum Gasteiger partial charge on any atom is 0.118 e. The molecule has 0 spiro atoms. The highest BCUT2D eigenvalue weighted by atomic mass is 16.3. The van der Waals surface area contributed by atoms with Crippen LogP contribution in [0, 0.1) is 6.92 Å². The fourth-order valence-corrected chi connectivity index (χ4v) is 2.47. The zero-order valence-corrected chi connectivity index (χ0v) is 9.83. The molecule has 1 heterocycles. The molecule has 1 aromatic rings. The second-order valence-electron chi connectivity index (χ2n) is 4.72. The van der Waals surface area contributed by atoms with Crippen LogP contribution in [-0.2, 0) is 6.54 Å². The number of rotatable bonds is 3. The van der Waals surface area contributed by atoms with E-state index in [0.717, 1.165) is 24.1 Å². The van der Waals surface area contributed by atoms with Gasteiger partial charge >= 0.3 is 0 Å². The Morgan fingerprint density at radius 1 is 1.27 bits per heavy atom. The Labute approximate surface area is 92.3 Å². The molecule has 84 valence electrons. The summed E-state index contributed by atoms with van der Waals surface area (Å²) < 4.78 is 5.60. The summed E-state index contributed by atoms with van der Waals surface area (Å²) in [5.41, 5.74) is 0. The van der Waals surface area contributed by atoms with Crippen molar-refractivity contribution >= 4 is 0 Å². The summed E-state index contributed by atoms with van der Waals surface area (Å²) in [4.78, 5) is 2.44. The van der Waals surface area contributed by atoms with Gasteiger partial charge in [0.1, 0.15) is 11.5 Å². The van der Waals surface area contributed by atoms with E-state index in [4.69, 9.17) is 4.42 Å². The summed E-state index contributed by atoms with van der Waals surface area (Å²) in [6.07, 6.45) is 6.93. The lowest BCUT2D eigenvalue weighted by molar-refractivity contribution is 0.172. The van der Waals surface area contributed by atoms with Gasteiger partial charge in [0.15, 0.2) is 0 Å². The van der Waals surface area contributed by atoms with E-state index in [9.17, 15) is 0 Å². The molecule has 0 radical (unpaired) electrons. The van der Waals surface area contributed by atoms with Gasteiger partial charge < -0.3 is 4.42 Å². The Morgan fingerprint density at radius 3 is 2.60 bits per heavy atom. The van der Waals surface area contributed by atoms with E-state index in [-0.39, 0.29) is 0 Å². The Morgan fingerprint density at radius 2 is 2.00 bits per heavy atom. The van der Waals surface area contributed by atoms with Crippen molar-refractivity contribution in [2.45, 2.75) is 51.6 Å². The van der Waals surface area contributed by atoms with Crippen LogP contribution in [0.1, 0.15) is 43.6 Å². The van der Waals surface area contributed by atoms with Gasteiger partial charge in [-0.1, -0.05) is 19.3 Å². The van der Waals surface area contributed by atoms with E-state index in [0.29, 0.717) is 0 Å². The number of aryl methyl sites for hydroxylation is 1. The van der Waals surface area contributed by atoms with Crippen LogP contribution in [0.4, 0.5) is 0 Å². The number of hydrogen-bond donors (Lipinski definition) is 0. The molecule has 2 heteroatoms. The Hall–Kier alpha value is -0.760. The molecular formula is C13H21NO. The predicted octanol–water partition coefficient (Wildman–Crippen LogP) is 3.35. The molecule has 1 aromatic heterocycles. The van der Waals surface area contributed by atoms with Gasteiger partial charge in [-0.15, -0.1) is 0 Å². The second kappa shape index (κ2) is 4.84. The quantitative estimate of drug-likeness (QED) is 0.755. The van der Waals surface area contributed by atoms with Crippen molar-refractivity contribution in [3.8, 4) is 0 Å². The highest BCUT2D eigenvalue weighted by Gasteiger charge is 2.18. The summed E-state index contributed by atoms with van der Waals surface area (Å²) in [6, 6.07) is 4.91. The molecular weight excluding hydrogens is 186 g/mol. The van der Waals surface area contributed by atoms with Gasteiger partial charge in [0.05, 0.1) is 6.54 Å². The molecule has 1 fully saturated rings. The summed E-state index contributed by atoms with van der Waals surface area (Å²) in [6.45, 7) is 2.96. The van der Waals surface area contributed by atoms with Gasteiger partial charge in [-0.05, 0) is 38.9 Å².